The molecule has 0 spiro atoms. The Morgan fingerprint density at radius 3 is 2.81 bits per heavy atom. The summed E-state index contributed by atoms with van der Waals surface area (Å²) in [5.41, 5.74) is 3.33. The van der Waals surface area contributed by atoms with Crippen molar-refractivity contribution in [2.45, 2.75) is 32.1 Å². The number of benzene rings is 1. The first-order valence-corrected chi connectivity index (χ1v) is 10.7. The second-order valence-electron chi connectivity index (χ2n) is 6.82. The van der Waals surface area contributed by atoms with Crippen molar-refractivity contribution in [3.63, 3.8) is 0 Å². The van der Waals surface area contributed by atoms with E-state index in [0.29, 0.717) is 35.8 Å². The molecule has 1 aromatic carbocycles. The molecule has 1 fully saturated rings. The Hall–Kier alpha value is -2.55. The standard InChI is InChI=1S/C18H22N4O4S/c1-26-16-8-7-12(22-9-4-10-27(22,24)25)11-15(16)19-18(23)17-13-5-2-3-6-14(13)20-21-17/h7-8,11H,2-6,9-10H2,1H3,(H,19,23)(H,20,21). The van der Waals surface area contributed by atoms with Crippen LogP contribution in [0.5, 0.6) is 5.75 Å². The van der Waals surface area contributed by atoms with Crippen molar-refractivity contribution in [1.82, 2.24) is 10.2 Å². The molecule has 8 nitrogen and oxygen atoms in total. The highest BCUT2D eigenvalue weighted by Crippen LogP contribution is 2.33. The molecule has 2 aliphatic rings. The lowest BCUT2D eigenvalue weighted by Crippen LogP contribution is -2.25. The molecule has 2 N–H and O–H groups in total. The van der Waals surface area contributed by atoms with Gasteiger partial charge in [-0.2, -0.15) is 5.10 Å². The summed E-state index contributed by atoms with van der Waals surface area (Å²) in [6.45, 7) is 0.439. The van der Waals surface area contributed by atoms with Gasteiger partial charge in [-0.15, -0.1) is 0 Å². The quantitative estimate of drug-likeness (QED) is 0.832. The van der Waals surface area contributed by atoms with E-state index in [4.69, 9.17) is 4.74 Å². The van der Waals surface area contributed by atoms with Gasteiger partial charge in [0.05, 0.1) is 24.2 Å². The summed E-state index contributed by atoms with van der Waals surface area (Å²) in [5, 5.41) is 9.98. The van der Waals surface area contributed by atoms with Crippen LogP contribution in [0.2, 0.25) is 0 Å². The van der Waals surface area contributed by atoms with Crippen LogP contribution in [0.25, 0.3) is 0 Å². The summed E-state index contributed by atoms with van der Waals surface area (Å²) in [4.78, 5) is 12.8. The van der Waals surface area contributed by atoms with Crippen LogP contribution in [0.4, 0.5) is 11.4 Å². The van der Waals surface area contributed by atoms with Crippen molar-refractivity contribution in [2.24, 2.45) is 0 Å². The minimum atomic E-state index is -3.30. The number of carbonyl (C=O) groups excluding carboxylic acids is 1. The Balaban J connectivity index is 1.64. The molecule has 0 unspecified atom stereocenters. The fourth-order valence-electron chi connectivity index (χ4n) is 3.73. The third kappa shape index (κ3) is 3.27. The number of methoxy groups -OCH3 is 1. The van der Waals surface area contributed by atoms with E-state index in [-0.39, 0.29) is 11.7 Å². The van der Waals surface area contributed by atoms with E-state index in [9.17, 15) is 13.2 Å². The van der Waals surface area contributed by atoms with E-state index >= 15 is 0 Å². The summed E-state index contributed by atoms with van der Waals surface area (Å²) in [6, 6.07) is 4.99. The number of rotatable bonds is 4. The number of aromatic amines is 1. The zero-order valence-corrected chi connectivity index (χ0v) is 15.9. The molecule has 0 bridgehead atoms. The van der Waals surface area contributed by atoms with Crippen molar-refractivity contribution in [2.75, 3.05) is 29.0 Å². The molecule has 27 heavy (non-hydrogen) atoms. The zero-order chi connectivity index (χ0) is 19.0. The predicted molar refractivity (Wildman–Crippen MR) is 102 cm³/mol. The number of H-pyrrole nitrogens is 1. The molecule has 144 valence electrons. The number of aromatic nitrogens is 2. The monoisotopic (exact) mass is 390 g/mol. The van der Waals surface area contributed by atoms with E-state index in [1.165, 1.54) is 11.4 Å². The SMILES string of the molecule is COc1ccc(N2CCCS2(=O)=O)cc1NC(=O)c1n[nH]c2c1CCCC2. The van der Waals surface area contributed by atoms with Crippen LogP contribution in [0.3, 0.4) is 0 Å². The van der Waals surface area contributed by atoms with Gasteiger partial charge >= 0.3 is 0 Å². The zero-order valence-electron chi connectivity index (χ0n) is 15.1. The molecule has 4 rings (SSSR count). The smallest absolute Gasteiger partial charge is 0.276 e. The number of ether oxygens (including phenoxy) is 1. The topological polar surface area (TPSA) is 104 Å². The lowest BCUT2D eigenvalue weighted by atomic mass is 9.96. The van der Waals surface area contributed by atoms with Gasteiger partial charge in [0.2, 0.25) is 10.0 Å². The lowest BCUT2D eigenvalue weighted by Gasteiger charge is -2.19. The number of aryl methyl sites for hydroxylation is 1. The van der Waals surface area contributed by atoms with E-state index in [2.05, 4.69) is 15.5 Å². The van der Waals surface area contributed by atoms with Crippen molar-refractivity contribution < 1.29 is 17.9 Å². The van der Waals surface area contributed by atoms with Gasteiger partial charge in [0, 0.05) is 17.8 Å². The maximum atomic E-state index is 12.8. The van der Waals surface area contributed by atoms with Gasteiger partial charge in [0.25, 0.3) is 5.91 Å². The van der Waals surface area contributed by atoms with Crippen LogP contribution in [0.1, 0.15) is 41.0 Å². The van der Waals surface area contributed by atoms with Gasteiger partial charge in [0.15, 0.2) is 5.69 Å². The van der Waals surface area contributed by atoms with Crippen LogP contribution in [-0.4, -0.2) is 43.9 Å². The van der Waals surface area contributed by atoms with E-state index in [1.807, 2.05) is 0 Å². The van der Waals surface area contributed by atoms with Crippen molar-refractivity contribution in [1.29, 1.82) is 0 Å². The largest absolute Gasteiger partial charge is 0.495 e. The highest BCUT2D eigenvalue weighted by Gasteiger charge is 2.29. The fourth-order valence-corrected chi connectivity index (χ4v) is 5.28. The molecule has 0 radical (unpaired) electrons. The molecule has 2 heterocycles. The molecule has 0 saturated carbocycles. The third-order valence-electron chi connectivity index (χ3n) is 5.09. The number of nitrogens with zero attached hydrogens (tertiary/aromatic N) is 2. The van der Waals surface area contributed by atoms with Crippen molar-refractivity contribution >= 4 is 27.3 Å². The second kappa shape index (κ2) is 6.88. The highest BCUT2D eigenvalue weighted by molar-refractivity contribution is 7.93. The van der Waals surface area contributed by atoms with E-state index in [1.54, 1.807) is 18.2 Å². The van der Waals surface area contributed by atoms with Gasteiger partial charge < -0.3 is 10.1 Å². The molecule has 2 aromatic rings. The molecule has 1 amide bonds. The average Bonchev–Trinajstić information content (AvgIpc) is 3.24. The van der Waals surface area contributed by atoms with Gasteiger partial charge in [-0.05, 0) is 50.3 Å². The van der Waals surface area contributed by atoms with Gasteiger partial charge in [-0.1, -0.05) is 0 Å². The molecule has 1 saturated heterocycles. The number of hydrogen-bond acceptors (Lipinski definition) is 5. The molecule has 1 aliphatic carbocycles. The summed E-state index contributed by atoms with van der Waals surface area (Å²) in [7, 11) is -1.79. The normalized spacial score (nSPS) is 18.2. The minimum Gasteiger partial charge on any atom is -0.495 e. The predicted octanol–water partition coefficient (Wildman–Crippen LogP) is 2.09. The molecular formula is C18H22N4O4S. The minimum absolute atomic E-state index is 0.139. The summed E-state index contributed by atoms with van der Waals surface area (Å²) in [5.74, 6) is 0.280. The first kappa shape index (κ1) is 17.8. The fraction of sp³-hybridized carbons (Fsp3) is 0.444. The maximum absolute atomic E-state index is 12.8. The Kier molecular flexibility index (Phi) is 4.55. The number of carbonyl (C=O) groups is 1. The van der Waals surface area contributed by atoms with E-state index in [0.717, 1.165) is 36.9 Å². The van der Waals surface area contributed by atoms with Gasteiger partial charge in [-0.3, -0.25) is 14.2 Å². The first-order chi connectivity index (χ1) is 13.0. The number of amides is 1. The van der Waals surface area contributed by atoms with E-state index < -0.39 is 10.0 Å². The lowest BCUT2D eigenvalue weighted by molar-refractivity contribution is 0.102. The molecular weight excluding hydrogens is 368 g/mol. The Labute approximate surface area is 158 Å². The summed E-state index contributed by atoms with van der Waals surface area (Å²) >= 11 is 0. The molecule has 1 aliphatic heterocycles. The molecule has 9 heteroatoms. The van der Waals surface area contributed by atoms with Gasteiger partial charge in [0.1, 0.15) is 5.75 Å². The third-order valence-corrected chi connectivity index (χ3v) is 6.96. The number of fused-ring (bicyclic) bond motifs is 1. The van der Waals surface area contributed by atoms with Gasteiger partial charge in [-0.25, -0.2) is 8.42 Å². The molecule has 1 aromatic heterocycles. The van der Waals surface area contributed by atoms with Crippen LogP contribution >= 0.6 is 0 Å². The van der Waals surface area contributed by atoms with Crippen molar-refractivity contribution in [3.05, 3.63) is 35.2 Å². The Bertz CT molecular complexity index is 983. The van der Waals surface area contributed by atoms with Crippen LogP contribution in [0.15, 0.2) is 18.2 Å². The number of nitrogens with one attached hydrogen (secondary N) is 2. The van der Waals surface area contributed by atoms with Crippen LogP contribution in [-0.2, 0) is 22.9 Å². The maximum Gasteiger partial charge on any atom is 0.276 e. The number of sulfonamides is 1. The average molecular weight is 390 g/mol. The van der Waals surface area contributed by atoms with Crippen LogP contribution < -0.4 is 14.4 Å². The van der Waals surface area contributed by atoms with Crippen molar-refractivity contribution in [3.8, 4) is 5.75 Å². The second-order valence-corrected chi connectivity index (χ2v) is 8.83. The first-order valence-electron chi connectivity index (χ1n) is 9.05. The summed E-state index contributed by atoms with van der Waals surface area (Å²) < 4.78 is 31.1. The molecule has 0 atom stereocenters. The summed E-state index contributed by atoms with van der Waals surface area (Å²) in [6.07, 6.45) is 4.46. The highest BCUT2D eigenvalue weighted by atomic mass is 32.2. The van der Waals surface area contributed by atoms with Crippen LogP contribution in [0, 0.1) is 0 Å². The number of anilines is 2. The Morgan fingerprint density at radius 1 is 1.26 bits per heavy atom. The number of hydrogen-bond donors (Lipinski definition) is 2. The Morgan fingerprint density at radius 2 is 2.07 bits per heavy atom.